The Labute approximate surface area is 76.3 Å². The van der Waals surface area contributed by atoms with E-state index in [1.165, 1.54) is 5.57 Å². The van der Waals surface area contributed by atoms with Gasteiger partial charge in [-0.05, 0) is 27.2 Å². The van der Waals surface area contributed by atoms with Gasteiger partial charge in [-0.2, -0.15) is 0 Å². The zero-order chi connectivity index (χ0) is 9.98. The second-order valence-electron chi connectivity index (χ2n) is 2.70. The largest absolute Gasteiger partial charge is 0.403 e. The molecule has 0 aromatic carbocycles. The first kappa shape index (κ1) is 13.8. The van der Waals surface area contributed by atoms with Crippen LogP contribution in [0.25, 0.3) is 0 Å². The lowest BCUT2D eigenvalue weighted by atomic mass is 10.3. The average molecular weight is 170 g/mol. The highest BCUT2D eigenvalue weighted by Gasteiger charge is 1.73. The van der Waals surface area contributed by atoms with Gasteiger partial charge < -0.3 is 11.5 Å². The van der Waals surface area contributed by atoms with Crippen LogP contribution >= 0.6 is 0 Å². The third-order valence-corrected chi connectivity index (χ3v) is 1.34. The van der Waals surface area contributed by atoms with E-state index in [9.17, 15) is 0 Å². The SMILES string of the molecule is C/C=C(\C)CN.CC/C=C(/C)N. The Morgan fingerprint density at radius 2 is 1.83 bits per heavy atom. The van der Waals surface area contributed by atoms with Crippen LogP contribution in [0.1, 0.15) is 34.1 Å². The summed E-state index contributed by atoms with van der Waals surface area (Å²) in [5.41, 5.74) is 12.6. The highest BCUT2D eigenvalue weighted by molar-refractivity contribution is 4.96. The zero-order valence-electron chi connectivity index (χ0n) is 8.72. The number of hydrogen-bond acceptors (Lipinski definition) is 2. The van der Waals surface area contributed by atoms with Gasteiger partial charge in [0.2, 0.25) is 0 Å². The minimum Gasteiger partial charge on any atom is -0.403 e. The first-order valence-electron chi connectivity index (χ1n) is 4.32. The molecule has 2 heteroatoms. The van der Waals surface area contributed by atoms with Crippen LogP contribution in [0.4, 0.5) is 0 Å². The van der Waals surface area contributed by atoms with Gasteiger partial charge in [-0.1, -0.05) is 24.6 Å². The summed E-state index contributed by atoms with van der Waals surface area (Å²) >= 11 is 0. The first-order chi connectivity index (χ1) is 5.58. The molecular weight excluding hydrogens is 148 g/mol. The fourth-order valence-corrected chi connectivity index (χ4v) is 0.440. The summed E-state index contributed by atoms with van der Waals surface area (Å²) in [7, 11) is 0. The molecule has 0 radical (unpaired) electrons. The van der Waals surface area contributed by atoms with Crippen molar-refractivity contribution in [2.24, 2.45) is 11.5 Å². The molecule has 0 amide bonds. The molecule has 0 saturated carbocycles. The number of allylic oxidation sites excluding steroid dienone is 3. The summed E-state index contributed by atoms with van der Waals surface area (Å²) in [6.45, 7) is 8.65. The van der Waals surface area contributed by atoms with Gasteiger partial charge in [0.25, 0.3) is 0 Å². The van der Waals surface area contributed by atoms with Crippen molar-refractivity contribution < 1.29 is 0 Å². The van der Waals surface area contributed by atoms with Crippen LogP contribution in [-0.2, 0) is 0 Å². The number of hydrogen-bond donors (Lipinski definition) is 2. The minimum atomic E-state index is 0.691. The maximum Gasteiger partial charge on any atom is 0.0133 e. The lowest BCUT2D eigenvalue weighted by molar-refractivity contribution is 1.13. The van der Waals surface area contributed by atoms with Gasteiger partial charge in [0, 0.05) is 12.2 Å². The van der Waals surface area contributed by atoms with Gasteiger partial charge in [-0.15, -0.1) is 0 Å². The molecule has 0 atom stereocenters. The van der Waals surface area contributed by atoms with Gasteiger partial charge >= 0.3 is 0 Å². The summed E-state index contributed by atoms with van der Waals surface area (Å²) in [6.07, 6.45) is 5.04. The topological polar surface area (TPSA) is 52.0 Å². The second kappa shape index (κ2) is 10.2. The predicted molar refractivity (Wildman–Crippen MR) is 56.7 cm³/mol. The van der Waals surface area contributed by atoms with E-state index in [0.29, 0.717) is 6.54 Å². The van der Waals surface area contributed by atoms with Crippen molar-refractivity contribution in [1.29, 1.82) is 0 Å². The molecule has 0 aromatic heterocycles. The lowest BCUT2D eigenvalue weighted by Gasteiger charge is -1.85. The van der Waals surface area contributed by atoms with Gasteiger partial charge in [-0.3, -0.25) is 0 Å². The normalized spacial score (nSPS) is 12.1. The van der Waals surface area contributed by atoms with Gasteiger partial charge in [0.15, 0.2) is 0 Å². The van der Waals surface area contributed by atoms with Crippen LogP contribution in [0, 0.1) is 0 Å². The first-order valence-corrected chi connectivity index (χ1v) is 4.32. The molecular formula is C10H22N2. The Morgan fingerprint density at radius 1 is 1.33 bits per heavy atom. The van der Waals surface area contributed by atoms with Gasteiger partial charge in [0.1, 0.15) is 0 Å². The quantitative estimate of drug-likeness (QED) is 0.624. The van der Waals surface area contributed by atoms with Crippen LogP contribution in [0.15, 0.2) is 23.4 Å². The molecule has 12 heavy (non-hydrogen) atoms. The molecule has 0 aliphatic carbocycles. The predicted octanol–water partition coefficient (Wildman–Crippen LogP) is 2.17. The van der Waals surface area contributed by atoms with E-state index in [0.717, 1.165) is 12.1 Å². The van der Waals surface area contributed by atoms with Crippen molar-refractivity contribution in [3.8, 4) is 0 Å². The lowest BCUT2D eigenvalue weighted by Crippen LogP contribution is -1.98. The molecule has 0 aliphatic rings. The second-order valence-corrected chi connectivity index (χ2v) is 2.70. The fraction of sp³-hybridized carbons (Fsp3) is 0.600. The molecule has 4 N–H and O–H groups in total. The van der Waals surface area contributed by atoms with E-state index in [2.05, 4.69) is 6.92 Å². The van der Waals surface area contributed by atoms with E-state index in [1.807, 2.05) is 32.9 Å². The van der Waals surface area contributed by atoms with Crippen molar-refractivity contribution in [3.63, 3.8) is 0 Å². The third kappa shape index (κ3) is 16.1. The molecule has 0 spiro atoms. The van der Waals surface area contributed by atoms with E-state index in [4.69, 9.17) is 11.5 Å². The summed E-state index contributed by atoms with van der Waals surface area (Å²) in [5, 5.41) is 0. The average Bonchev–Trinajstić information content (AvgIpc) is 2.04. The monoisotopic (exact) mass is 170 g/mol. The summed E-state index contributed by atoms with van der Waals surface area (Å²) < 4.78 is 0. The Morgan fingerprint density at radius 3 is 1.83 bits per heavy atom. The summed E-state index contributed by atoms with van der Waals surface area (Å²) in [5.74, 6) is 0. The molecule has 0 unspecified atom stereocenters. The summed E-state index contributed by atoms with van der Waals surface area (Å²) in [4.78, 5) is 0. The number of rotatable bonds is 2. The molecule has 0 saturated heterocycles. The summed E-state index contributed by atoms with van der Waals surface area (Å²) in [6, 6.07) is 0. The zero-order valence-corrected chi connectivity index (χ0v) is 8.72. The maximum atomic E-state index is 5.26. The van der Waals surface area contributed by atoms with Crippen LogP contribution in [-0.4, -0.2) is 6.54 Å². The van der Waals surface area contributed by atoms with Crippen LogP contribution in [0.3, 0.4) is 0 Å². The van der Waals surface area contributed by atoms with Crippen LogP contribution < -0.4 is 11.5 Å². The molecule has 72 valence electrons. The Hall–Kier alpha value is -0.760. The fourth-order valence-electron chi connectivity index (χ4n) is 0.440. The molecule has 0 heterocycles. The van der Waals surface area contributed by atoms with Crippen molar-refractivity contribution in [2.45, 2.75) is 34.1 Å². The minimum absolute atomic E-state index is 0.691. The molecule has 0 bridgehead atoms. The highest BCUT2D eigenvalue weighted by Crippen LogP contribution is 1.82. The Kier molecular flexibility index (Phi) is 11.8. The molecule has 0 aromatic rings. The number of nitrogens with two attached hydrogens (primary N) is 2. The van der Waals surface area contributed by atoms with E-state index >= 15 is 0 Å². The Bertz CT molecular complexity index is 142. The van der Waals surface area contributed by atoms with Gasteiger partial charge in [0.05, 0.1) is 0 Å². The van der Waals surface area contributed by atoms with Crippen molar-refractivity contribution >= 4 is 0 Å². The maximum absolute atomic E-state index is 5.26. The van der Waals surface area contributed by atoms with Crippen molar-refractivity contribution in [1.82, 2.24) is 0 Å². The standard InChI is InChI=1S/2C5H11N/c1-3-5(2)4-6;1-3-4-5(2)6/h3H,4,6H2,1-2H3;4H,3,6H2,1-2H3/b5-3+;5-4-. The van der Waals surface area contributed by atoms with Crippen LogP contribution in [0.5, 0.6) is 0 Å². The van der Waals surface area contributed by atoms with Crippen molar-refractivity contribution in [2.75, 3.05) is 6.54 Å². The highest BCUT2D eigenvalue weighted by atomic mass is 14.5. The molecule has 0 fully saturated rings. The third-order valence-electron chi connectivity index (χ3n) is 1.34. The smallest absolute Gasteiger partial charge is 0.0133 e. The van der Waals surface area contributed by atoms with Crippen molar-refractivity contribution in [3.05, 3.63) is 23.4 Å². The van der Waals surface area contributed by atoms with E-state index in [1.54, 1.807) is 0 Å². The molecule has 2 nitrogen and oxygen atoms in total. The molecule has 0 rings (SSSR count). The van der Waals surface area contributed by atoms with E-state index in [-0.39, 0.29) is 0 Å². The van der Waals surface area contributed by atoms with E-state index < -0.39 is 0 Å². The van der Waals surface area contributed by atoms with Crippen LogP contribution in [0.2, 0.25) is 0 Å². The Balaban J connectivity index is 0. The van der Waals surface area contributed by atoms with Gasteiger partial charge in [-0.25, -0.2) is 0 Å². The molecule has 0 aliphatic heterocycles.